The van der Waals surface area contributed by atoms with Gasteiger partial charge in [0.15, 0.2) is 0 Å². The normalized spacial score (nSPS) is 11.5. The molecule has 0 spiro atoms. The molecule has 0 unspecified atom stereocenters. The van der Waals surface area contributed by atoms with Crippen LogP contribution in [0.3, 0.4) is 0 Å². The molecule has 0 bridgehead atoms. The van der Waals surface area contributed by atoms with Gasteiger partial charge in [0.1, 0.15) is 0 Å². The van der Waals surface area contributed by atoms with Crippen molar-refractivity contribution in [2.75, 3.05) is 0 Å². The molecule has 5 heteroatoms. The van der Waals surface area contributed by atoms with E-state index in [1.54, 1.807) is 0 Å². The lowest BCUT2D eigenvalue weighted by Crippen LogP contribution is -2.36. The van der Waals surface area contributed by atoms with Crippen LogP contribution < -0.4 is 17.0 Å². The number of nitrogens with two attached hydrogens (primary N) is 2. The Bertz CT molecular complexity index is 335. The minimum Gasteiger partial charge on any atom is -0.369 e. The molecule has 5 N–H and O–H groups in total. The van der Waals surface area contributed by atoms with Crippen LogP contribution >= 0.6 is 15.9 Å². The van der Waals surface area contributed by atoms with E-state index in [-0.39, 0.29) is 5.96 Å². The highest BCUT2D eigenvalue weighted by Gasteiger charge is 2.00. The van der Waals surface area contributed by atoms with Gasteiger partial charge in [-0.25, -0.2) is 10.8 Å². The van der Waals surface area contributed by atoms with Crippen molar-refractivity contribution in [2.45, 2.75) is 6.92 Å². The lowest BCUT2D eigenvalue weighted by Gasteiger charge is -2.03. The van der Waals surface area contributed by atoms with E-state index < -0.39 is 0 Å². The number of aliphatic imine (C=N–C) groups is 1. The summed E-state index contributed by atoms with van der Waals surface area (Å²) in [6.07, 6.45) is 0. The molecule has 0 atom stereocenters. The number of hydrazine groups is 1. The Labute approximate surface area is 85.1 Å². The number of halogens is 1. The number of hydrogen-bond donors (Lipinski definition) is 3. The molecule has 13 heavy (non-hydrogen) atoms. The van der Waals surface area contributed by atoms with Crippen LogP contribution in [0, 0.1) is 6.92 Å². The minimum atomic E-state index is 0.186. The van der Waals surface area contributed by atoms with Gasteiger partial charge < -0.3 is 5.73 Å². The molecule has 0 radical (unpaired) electrons. The molecule has 0 saturated carbocycles. The average Bonchev–Trinajstić information content (AvgIpc) is 2.13. The summed E-state index contributed by atoms with van der Waals surface area (Å²) in [4.78, 5) is 4.05. The summed E-state index contributed by atoms with van der Waals surface area (Å²) in [5, 5.41) is 0. The Hall–Kier alpha value is -1.07. The van der Waals surface area contributed by atoms with Crippen molar-refractivity contribution in [3.05, 3.63) is 28.2 Å². The second-order valence-electron chi connectivity index (χ2n) is 2.55. The first-order valence-corrected chi connectivity index (χ1v) is 4.50. The van der Waals surface area contributed by atoms with Gasteiger partial charge in [0.25, 0.3) is 0 Å². The fraction of sp³-hybridized carbons (Fsp3) is 0.125. The Kier molecular flexibility index (Phi) is 3.27. The third-order valence-corrected chi connectivity index (χ3v) is 2.59. The largest absolute Gasteiger partial charge is 0.369 e. The van der Waals surface area contributed by atoms with Crippen LogP contribution in [0.1, 0.15) is 5.56 Å². The second kappa shape index (κ2) is 4.25. The molecule has 0 aromatic heterocycles. The van der Waals surface area contributed by atoms with Crippen LogP contribution in [0.2, 0.25) is 0 Å². The zero-order valence-electron chi connectivity index (χ0n) is 7.21. The molecule has 1 aromatic rings. The Morgan fingerprint density at radius 3 is 2.85 bits per heavy atom. The molecular formula is C8H11BrN4. The van der Waals surface area contributed by atoms with E-state index in [0.717, 1.165) is 15.7 Å². The fourth-order valence-electron chi connectivity index (χ4n) is 0.880. The van der Waals surface area contributed by atoms with Crippen LogP contribution in [0.4, 0.5) is 5.69 Å². The molecule has 0 aliphatic carbocycles. The van der Waals surface area contributed by atoms with E-state index in [4.69, 9.17) is 11.6 Å². The van der Waals surface area contributed by atoms with Crippen molar-refractivity contribution in [2.24, 2.45) is 16.6 Å². The summed E-state index contributed by atoms with van der Waals surface area (Å²) in [6, 6.07) is 5.74. The summed E-state index contributed by atoms with van der Waals surface area (Å²) in [6.45, 7) is 1.98. The third-order valence-electron chi connectivity index (χ3n) is 1.56. The van der Waals surface area contributed by atoms with E-state index in [9.17, 15) is 0 Å². The number of aryl methyl sites for hydroxylation is 1. The predicted octanol–water partition coefficient (Wildman–Crippen LogP) is 1.17. The summed E-state index contributed by atoms with van der Waals surface area (Å²) in [7, 11) is 0. The fourth-order valence-corrected chi connectivity index (χ4v) is 1.23. The van der Waals surface area contributed by atoms with Crippen LogP contribution in [0.5, 0.6) is 0 Å². The number of nitrogens with one attached hydrogen (secondary N) is 1. The Morgan fingerprint density at radius 1 is 1.54 bits per heavy atom. The van der Waals surface area contributed by atoms with Crippen molar-refractivity contribution in [3.8, 4) is 0 Å². The maximum atomic E-state index is 5.42. The summed E-state index contributed by atoms with van der Waals surface area (Å²) >= 11 is 3.41. The highest BCUT2D eigenvalue weighted by molar-refractivity contribution is 9.10. The lowest BCUT2D eigenvalue weighted by atomic mass is 10.2. The van der Waals surface area contributed by atoms with E-state index in [0.29, 0.717) is 0 Å². The molecule has 0 amide bonds. The first-order valence-electron chi connectivity index (χ1n) is 3.71. The lowest BCUT2D eigenvalue weighted by molar-refractivity contribution is 1.01. The van der Waals surface area contributed by atoms with Crippen molar-refractivity contribution in [1.29, 1.82) is 0 Å². The van der Waals surface area contributed by atoms with E-state index in [1.165, 1.54) is 0 Å². The van der Waals surface area contributed by atoms with Crippen molar-refractivity contribution >= 4 is 27.6 Å². The maximum absolute atomic E-state index is 5.42. The van der Waals surface area contributed by atoms with Crippen molar-refractivity contribution in [3.63, 3.8) is 0 Å². The molecule has 0 fully saturated rings. The van der Waals surface area contributed by atoms with E-state index in [2.05, 4.69) is 26.3 Å². The number of nitrogens with zero attached hydrogens (tertiary/aromatic N) is 1. The number of hydrogen-bond acceptors (Lipinski definition) is 2. The van der Waals surface area contributed by atoms with E-state index >= 15 is 0 Å². The van der Waals surface area contributed by atoms with Gasteiger partial charge in [-0.15, -0.1) is 0 Å². The van der Waals surface area contributed by atoms with E-state index in [1.807, 2.05) is 25.1 Å². The van der Waals surface area contributed by atoms with Gasteiger partial charge in [-0.05, 0) is 34.5 Å². The Morgan fingerprint density at radius 2 is 2.23 bits per heavy atom. The molecule has 4 nitrogen and oxygen atoms in total. The van der Waals surface area contributed by atoms with Gasteiger partial charge in [0.2, 0.25) is 5.96 Å². The monoisotopic (exact) mass is 242 g/mol. The standard InChI is InChI=1S/C8H11BrN4/c1-5-3-2-4-6(7(5)9)12-8(10)13-11/h2-4H,11H2,1H3,(H3,10,12,13). The van der Waals surface area contributed by atoms with Crippen LogP contribution in [0.15, 0.2) is 27.7 Å². The number of rotatable bonds is 1. The van der Waals surface area contributed by atoms with Crippen molar-refractivity contribution < 1.29 is 0 Å². The van der Waals surface area contributed by atoms with Gasteiger partial charge in [-0.3, -0.25) is 5.43 Å². The smallest absolute Gasteiger partial charge is 0.208 e. The molecule has 0 aliphatic rings. The molecule has 0 aliphatic heterocycles. The van der Waals surface area contributed by atoms with Crippen LogP contribution in [0.25, 0.3) is 0 Å². The molecule has 1 rings (SSSR count). The second-order valence-corrected chi connectivity index (χ2v) is 3.34. The topological polar surface area (TPSA) is 76.4 Å². The minimum absolute atomic E-state index is 0.186. The summed E-state index contributed by atoms with van der Waals surface area (Å²) in [5.41, 5.74) is 9.55. The molecule has 0 heterocycles. The third kappa shape index (κ3) is 2.43. The molecule has 0 saturated heterocycles. The first-order chi connectivity index (χ1) is 6.15. The van der Waals surface area contributed by atoms with Gasteiger partial charge in [0, 0.05) is 4.47 Å². The highest BCUT2D eigenvalue weighted by atomic mass is 79.9. The first kappa shape index (κ1) is 10.0. The number of benzene rings is 1. The zero-order valence-corrected chi connectivity index (χ0v) is 8.80. The van der Waals surface area contributed by atoms with Crippen molar-refractivity contribution in [1.82, 2.24) is 5.43 Å². The number of guanidine groups is 1. The van der Waals surface area contributed by atoms with Gasteiger partial charge in [-0.2, -0.15) is 0 Å². The maximum Gasteiger partial charge on any atom is 0.208 e. The molecule has 70 valence electrons. The van der Waals surface area contributed by atoms with Gasteiger partial charge in [-0.1, -0.05) is 12.1 Å². The molecule has 1 aromatic carbocycles. The summed E-state index contributed by atoms with van der Waals surface area (Å²) < 4.78 is 0.924. The SMILES string of the molecule is Cc1cccc(N=C(N)NN)c1Br. The van der Waals surface area contributed by atoms with Gasteiger partial charge >= 0.3 is 0 Å². The summed E-state index contributed by atoms with van der Waals surface area (Å²) in [5.74, 6) is 5.27. The quantitative estimate of drug-likeness (QED) is 0.300. The van der Waals surface area contributed by atoms with Gasteiger partial charge in [0.05, 0.1) is 5.69 Å². The van der Waals surface area contributed by atoms with Crippen LogP contribution in [-0.2, 0) is 0 Å². The van der Waals surface area contributed by atoms with Crippen LogP contribution in [-0.4, -0.2) is 5.96 Å². The average molecular weight is 243 g/mol. The zero-order chi connectivity index (χ0) is 9.84. The molecular weight excluding hydrogens is 232 g/mol. The predicted molar refractivity (Wildman–Crippen MR) is 57.5 cm³/mol. The Balaban J connectivity index is 3.09. The highest BCUT2D eigenvalue weighted by Crippen LogP contribution is 2.27.